The first-order valence-corrected chi connectivity index (χ1v) is 11.3. The van der Waals surface area contributed by atoms with Gasteiger partial charge >= 0.3 is 5.69 Å². The highest BCUT2D eigenvalue weighted by Crippen LogP contribution is 2.12. The Hall–Kier alpha value is -4.47. The highest BCUT2D eigenvalue weighted by atomic mass is 16.2. The van der Waals surface area contributed by atoms with E-state index in [9.17, 15) is 19.2 Å². The molecule has 0 saturated heterocycles. The molecule has 0 atom stereocenters. The number of aromatic nitrogens is 4. The normalized spacial score (nSPS) is 11.0. The molecule has 0 radical (unpaired) electrons. The second-order valence-electron chi connectivity index (χ2n) is 8.20. The van der Waals surface area contributed by atoms with Crippen LogP contribution in [0.1, 0.15) is 35.7 Å². The lowest BCUT2D eigenvalue weighted by molar-refractivity contribution is -0.116. The van der Waals surface area contributed by atoms with E-state index in [1.165, 1.54) is 28.8 Å². The van der Waals surface area contributed by atoms with Crippen molar-refractivity contribution in [2.24, 2.45) is 5.73 Å². The van der Waals surface area contributed by atoms with Crippen molar-refractivity contribution in [1.29, 1.82) is 0 Å². The summed E-state index contributed by atoms with van der Waals surface area (Å²) in [4.78, 5) is 55.0. The number of rotatable bonds is 9. The van der Waals surface area contributed by atoms with Gasteiger partial charge in [-0.25, -0.2) is 14.3 Å². The van der Waals surface area contributed by atoms with E-state index < -0.39 is 29.6 Å². The van der Waals surface area contributed by atoms with E-state index in [1.807, 2.05) is 37.3 Å². The molecule has 10 nitrogen and oxygen atoms in total. The molecule has 2 aromatic heterocycles. The number of benzene rings is 2. The van der Waals surface area contributed by atoms with E-state index in [4.69, 9.17) is 5.73 Å². The molecule has 2 heterocycles. The minimum atomic E-state index is -0.583. The maximum atomic E-state index is 13.4. The van der Waals surface area contributed by atoms with Crippen LogP contribution in [-0.4, -0.2) is 30.5 Å². The third-order valence-corrected chi connectivity index (χ3v) is 5.67. The van der Waals surface area contributed by atoms with E-state index in [2.05, 4.69) is 10.3 Å². The van der Waals surface area contributed by atoms with Gasteiger partial charge < -0.3 is 15.6 Å². The van der Waals surface area contributed by atoms with E-state index >= 15 is 0 Å². The van der Waals surface area contributed by atoms with Gasteiger partial charge in [-0.15, -0.1) is 0 Å². The summed E-state index contributed by atoms with van der Waals surface area (Å²) in [7, 11) is 0. The number of fused-ring (bicyclic) bond motifs is 1. The average Bonchev–Trinajstić information content (AvgIpc) is 3.26. The first-order chi connectivity index (χ1) is 16.9. The zero-order chi connectivity index (χ0) is 24.9. The van der Waals surface area contributed by atoms with Crippen LogP contribution in [0.4, 0.5) is 5.69 Å². The van der Waals surface area contributed by atoms with Gasteiger partial charge in [-0.1, -0.05) is 43.7 Å². The summed E-state index contributed by atoms with van der Waals surface area (Å²) in [5, 5.41) is 2.65. The minimum absolute atomic E-state index is 0.267. The smallest absolute Gasteiger partial charge is 0.333 e. The van der Waals surface area contributed by atoms with Gasteiger partial charge in [-0.05, 0) is 36.2 Å². The van der Waals surface area contributed by atoms with Crippen LogP contribution in [0.2, 0.25) is 0 Å². The number of hydrogen-bond acceptors (Lipinski definition) is 5. The lowest BCUT2D eigenvalue weighted by Crippen LogP contribution is -2.43. The van der Waals surface area contributed by atoms with Crippen molar-refractivity contribution in [2.75, 3.05) is 5.32 Å². The molecule has 0 aliphatic rings. The Morgan fingerprint density at radius 3 is 2.37 bits per heavy atom. The predicted molar refractivity (Wildman–Crippen MR) is 132 cm³/mol. The Kier molecular flexibility index (Phi) is 6.91. The van der Waals surface area contributed by atoms with Crippen LogP contribution < -0.4 is 22.3 Å². The standard InChI is InChI=1S/C25H26N6O4/c1-2-3-13-30-23-21(29(16-27-23)14-17-7-5-4-6-8-17)24(34)31(25(30)35)15-20(32)28-19-11-9-18(10-12-19)22(26)33/h4-12,16H,2-3,13-15H2,1H3,(H2,26,33)(H,28,32). The fourth-order valence-corrected chi connectivity index (χ4v) is 3.86. The van der Waals surface area contributed by atoms with Gasteiger partial charge in [0.25, 0.3) is 5.56 Å². The van der Waals surface area contributed by atoms with Crippen molar-refractivity contribution in [1.82, 2.24) is 18.7 Å². The van der Waals surface area contributed by atoms with E-state index in [-0.39, 0.29) is 5.52 Å². The number of imidazole rings is 1. The van der Waals surface area contributed by atoms with E-state index in [0.29, 0.717) is 30.0 Å². The van der Waals surface area contributed by atoms with Crippen molar-refractivity contribution in [3.8, 4) is 0 Å². The first kappa shape index (κ1) is 23.7. The predicted octanol–water partition coefficient (Wildman–Crippen LogP) is 1.95. The number of aryl methyl sites for hydroxylation is 1. The van der Waals surface area contributed by atoms with Crippen LogP contribution in [-0.2, 0) is 24.4 Å². The quantitative estimate of drug-likeness (QED) is 0.382. The highest BCUT2D eigenvalue weighted by Gasteiger charge is 2.20. The monoisotopic (exact) mass is 474 g/mol. The molecule has 180 valence electrons. The minimum Gasteiger partial charge on any atom is -0.366 e. The number of amides is 2. The van der Waals surface area contributed by atoms with Gasteiger partial charge in [-0.2, -0.15) is 0 Å². The molecule has 10 heteroatoms. The molecule has 35 heavy (non-hydrogen) atoms. The van der Waals surface area contributed by atoms with Crippen LogP contribution in [0.5, 0.6) is 0 Å². The van der Waals surface area contributed by atoms with Crippen LogP contribution >= 0.6 is 0 Å². The second kappa shape index (κ2) is 10.2. The molecule has 3 N–H and O–H groups in total. The first-order valence-electron chi connectivity index (χ1n) is 11.3. The third-order valence-electron chi connectivity index (χ3n) is 5.67. The summed E-state index contributed by atoms with van der Waals surface area (Å²) in [5.41, 5.74) is 6.34. The van der Waals surface area contributed by atoms with Crippen LogP contribution in [0, 0.1) is 0 Å². The van der Waals surface area contributed by atoms with Gasteiger partial charge in [0.05, 0.1) is 6.33 Å². The Labute approximate surface area is 200 Å². The summed E-state index contributed by atoms with van der Waals surface area (Å²) in [6.45, 7) is 2.32. The summed E-state index contributed by atoms with van der Waals surface area (Å²) in [6.07, 6.45) is 3.11. The highest BCUT2D eigenvalue weighted by molar-refractivity contribution is 5.94. The molecule has 0 saturated carbocycles. The number of unbranched alkanes of at least 4 members (excludes halogenated alkanes) is 1. The van der Waals surface area contributed by atoms with Crippen LogP contribution in [0.3, 0.4) is 0 Å². The van der Waals surface area contributed by atoms with Crippen molar-refractivity contribution in [3.63, 3.8) is 0 Å². The number of hydrogen-bond donors (Lipinski definition) is 2. The number of nitrogens with one attached hydrogen (secondary N) is 1. The molecular formula is C25H26N6O4. The molecule has 0 bridgehead atoms. The molecule has 0 fully saturated rings. The Morgan fingerprint density at radius 1 is 1.00 bits per heavy atom. The van der Waals surface area contributed by atoms with Crippen molar-refractivity contribution >= 4 is 28.7 Å². The van der Waals surface area contributed by atoms with Gasteiger partial charge in [0.1, 0.15) is 6.54 Å². The largest absolute Gasteiger partial charge is 0.366 e. The number of anilines is 1. The molecule has 4 rings (SSSR count). The van der Waals surface area contributed by atoms with E-state index in [0.717, 1.165) is 23.0 Å². The Balaban J connectivity index is 1.71. The number of primary amides is 1. The van der Waals surface area contributed by atoms with Gasteiger partial charge in [-0.3, -0.25) is 19.0 Å². The lowest BCUT2D eigenvalue weighted by Gasteiger charge is -2.13. The fourth-order valence-electron chi connectivity index (χ4n) is 3.86. The average molecular weight is 475 g/mol. The molecule has 0 aliphatic carbocycles. The zero-order valence-electron chi connectivity index (χ0n) is 19.3. The van der Waals surface area contributed by atoms with Crippen LogP contribution in [0.15, 0.2) is 70.5 Å². The molecule has 0 unspecified atom stereocenters. The number of nitrogens with zero attached hydrogens (tertiary/aromatic N) is 4. The molecule has 0 spiro atoms. The van der Waals surface area contributed by atoms with Gasteiger partial charge in [0.15, 0.2) is 11.2 Å². The third kappa shape index (κ3) is 5.06. The summed E-state index contributed by atoms with van der Waals surface area (Å²) in [5.74, 6) is -1.13. The maximum Gasteiger partial charge on any atom is 0.333 e. The SMILES string of the molecule is CCCCn1c(=O)n(CC(=O)Nc2ccc(C(N)=O)cc2)c(=O)c2c1ncn2Cc1ccccc1. The maximum absolute atomic E-state index is 13.4. The molecule has 2 amide bonds. The summed E-state index contributed by atoms with van der Waals surface area (Å²) < 4.78 is 4.09. The van der Waals surface area contributed by atoms with Crippen LogP contribution in [0.25, 0.3) is 11.2 Å². The van der Waals surface area contributed by atoms with Gasteiger partial charge in [0, 0.05) is 24.3 Å². The Morgan fingerprint density at radius 2 is 1.71 bits per heavy atom. The lowest BCUT2D eigenvalue weighted by atomic mass is 10.2. The molecule has 4 aromatic rings. The summed E-state index contributed by atoms with van der Waals surface area (Å²) >= 11 is 0. The zero-order valence-corrected chi connectivity index (χ0v) is 19.3. The topological polar surface area (TPSA) is 134 Å². The van der Waals surface area contributed by atoms with Crippen molar-refractivity contribution < 1.29 is 9.59 Å². The van der Waals surface area contributed by atoms with Gasteiger partial charge in [0.2, 0.25) is 11.8 Å². The number of carbonyl (C=O) groups is 2. The number of nitrogens with two attached hydrogens (primary N) is 1. The van der Waals surface area contributed by atoms with Crippen molar-refractivity contribution in [3.05, 3.63) is 92.9 Å². The fraction of sp³-hybridized carbons (Fsp3) is 0.240. The van der Waals surface area contributed by atoms with E-state index in [1.54, 1.807) is 10.9 Å². The molecule has 0 aliphatic heterocycles. The van der Waals surface area contributed by atoms with Crippen molar-refractivity contribution in [2.45, 2.75) is 39.4 Å². The molecule has 2 aromatic carbocycles. The second-order valence-corrected chi connectivity index (χ2v) is 8.20. The summed E-state index contributed by atoms with van der Waals surface area (Å²) in [6, 6.07) is 15.6. The molecular weight excluding hydrogens is 448 g/mol. The number of carbonyl (C=O) groups excluding carboxylic acids is 2. The Bertz CT molecular complexity index is 1480.